The highest BCUT2D eigenvalue weighted by molar-refractivity contribution is 6.16. The Morgan fingerprint density at radius 2 is 0.893 bits per heavy atom. The van der Waals surface area contributed by atoms with Crippen LogP contribution in [0.15, 0.2) is 199 Å². The molecule has 56 heavy (non-hydrogen) atoms. The average molecular weight is 717 g/mol. The number of furan rings is 1. The number of benzene rings is 8. The summed E-state index contributed by atoms with van der Waals surface area (Å²) in [6.45, 7) is 0. The van der Waals surface area contributed by atoms with Crippen molar-refractivity contribution < 1.29 is 4.42 Å². The highest BCUT2D eigenvalue weighted by Crippen LogP contribution is 2.42. The minimum Gasteiger partial charge on any atom is -0.455 e. The fraction of sp³-hybridized carbons (Fsp3) is 0. The van der Waals surface area contributed by atoms with Crippen molar-refractivity contribution in [3.8, 4) is 62.1 Å². The maximum atomic E-state index is 6.55. The monoisotopic (exact) mass is 716 g/mol. The van der Waals surface area contributed by atoms with Gasteiger partial charge in [-0.1, -0.05) is 164 Å². The molecule has 0 spiro atoms. The summed E-state index contributed by atoms with van der Waals surface area (Å²) in [6.07, 6.45) is 0. The molecule has 3 heterocycles. The van der Waals surface area contributed by atoms with E-state index in [2.05, 4.69) is 144 Å². The first-order valence-electron chi connectivity index (χ1n) is 18.8. The number of nitrogens with zero attached hydrogens (tertiary/aromatic N) is 4. The summed E-state index contributed by atoms with van der Waals surface area (Å²) in [7, 11) is 0. The predicted molar refractivity (Wildman–Crippen MR) is 229 cm³/mol. The molecular formula is C51H32N4O. The van der Waals surface area contributed by atoms with E-state index in [-0.39, 0.29) is 0 Å². The molecule has 0 atom stereocenters. The van der Waals surface area contributed by atoms with E-state index in [1.165, 1.54) is 5.56 Å². The van der Waals surface area contributed by atoms with Gasteiger partial charge in [-0.05, 0) is 47.0 Å². The lowest BCUT2D eigenvalue weighted by molar-refractivity contribution is 0.670. The molecule has 0 saturated carbocycles. The molecule has 0 aliphatic carbocycles. The summed E-state index contributed by atoms with van der Waals surface area (Å²) in [5.41, 5.74) is 12.2. The molecule has 0 saturated heterocycles. The van der Waals surface area contributed by atoms with E-state index in [1.807, 2.05) is 54.6 Å². The minimum atomic E-state index is 0.621. The van der Waals surface area contributed by atoms with Gasteiger partial charge in [-0.3, -0.25) is 0 Å². The van der Waals surface area contributed by atoms with E-state index in [0.717, 1.165) is 82.8 Å². The molecule has 5 heteroatoms. The second-order valence-electron chi connectivity index (χ2n) is 14.0. The summed E-state index contributed by atoms with van der Waals surface area (Å²) in [5.74, 6) is 1.87. The van der Waals surface area contributed by atoms with Crippen LogP contribution in [0, 0.1) is 0 Å². The molecule has 262 valence electrons. The van der Waals surface area contributed by atoms with E-state index >= 15 is 0 Å². The zero-order valence-corrected chi connectivity index (χ0v) is 30.2. The third kappa shape index (κ3) is 5.29. The van der Waals surface area contributed by atoms with Gasteiger partial charge in [0, 0.05) is 49.5 Å². The molecule has 8 aromatic carbocycles. The Hall–Kier alpha value is -7.63. The van der Waals surface area contributed by atoms with Crippen LogP contribution >= 0.6 is 0 Å². The van der Waals surface area contributed by atoms with Crippen LogP contribution in [0.5, 0.6) is 0 Å². The SMILES string of the molecule is c1ccc(-c2ccc(-c3nc(-c4ccccc4)nc(-c4cccc5c4c4ccccc4n5-c4cc(-c5ccccc5)c5oc6ccccc6c5c4)n3)cc2)cc1. The molecule has 11 rings (SSSR count). The molecule has 0 amide bonds. The van der Waals surface area contributed by atoms with Gasteiger partial charge in [-0.25, -0.2) is 15.0 Å². The summed E-state index contributed by atoms with van der Waals surface area (Å²) >= 11 is 0. The third-order valence-electron chi connectivity index (χ3n) is 10.7. The summed E-state index contributed by atoms with van der Waals surface area (Å²) < 4.78 is 8.92. The molecule has 0 bridgehead atoms. The van der Waals surface area contributed by atoms with Gasteiger partial charge in [0.25, 0.3) is 0 Å². The van der Waals surface area contributed by atoms with E-state index in [9.17, 15) is 0 Å². The molecule has 0 N–H and O–H groups in total. The number of rotatable bonds is 6. The van der Waals surface area contributed by atoms with Gasteiger partial charge in [0.2, 0.25) is 0 Å². The quantitative estimate of drug-likeness (QED) is 0.172. The molecule has 5 nitrogen and oxygen atoms in total. The van der Waals surface area contributed by atoms with Crippen LogP contribution in [-0.4, -0.2) is 19.5 Å². The van der Waals surface area contributed by atoms with Crippen molar-refractivity contribution in [2.45, 2.75) is 0 Å². The molecule has 0 radical (unpaired) electrons. The summed E-state index contributed by atoms with van der Waals surface area (Å²) in [5, 5.41) is 4.36. The lowest BCUT2D eigenvalue weighted by Gasteiger charge is -2.12. The number of aromatic nitrogens is 4. The molecular weight excluding hydrogens is 685 g/mol. The Kier molecular flexibility index (Phi) is 7.42. The van der Waals surface area contributed by atoms with E-state index < -0.39 is 0 Å². The van der Waals surface area contributed by atoms with Crippen LogP contribution in [0.2, 0.25) is 0 Å². The first-order chi connectivity index (χ1) is 27.8. The number of hydrogen-bond acceptors (Lipinski definition) is 4. The first-order valence-corrected chi connectivity index (χ1v) is 18.8. The maximum Gasteiger partial charge on any atom is 0.164 e. The van der Waals surface area contributed by atoms with Crippen molar-refractivity contribution in [3.05, 3.63) is 194 Å². The lowest BCUT2D eigenvalue weighted by atomic mass is 10.0. The molecule has 3 aromatic heterocycles. The average Bonchev–Trinajstić information content (AvgIpc) is 3.83. The number of fused-ring (bicyclic) bond motifs is 6. The second kappa shape index (κ2) is 13.0. The molecule has 0 aliphatic heterocycles. The van der Waals surface area contributed by atoms with Crippen molar-refractivity contribution >= 4 is 43.7 Å². The molecule has 11 aromatic rings. The van der Waals surface area contributed by atoms with Crippen molar-refractivity contribution in [1.29, 1.82) is 0 Å². The highest BCUT2D eigenvalue weighted by atomic mass is 16.3. The van der Waals surface area contributed by atoms with Crippen molar-refractivity contribution in [2.24, 2.45) is 0 Å². The molecule has 0 fully saturated rings. The Morgan fingerprint density at radius 3 is 1.62 bits per heavy atom. The van der Waals surface area contributed by atoms with Gasteiger partial charge in [0.1, 0.15) is 11.2 Å². The smallest absolute Gasteiger partial charge is 0.164 e. The van der Waals surface area contributed by atoms with Gasteiger partial charge >= 0.3 is 0 Å². The zero-order chi connectivity index (χ0) is 37.0. The van der Waals surface area contributed by atoms with Gasteiger partial charge in [0.05, 0.1) is 11.0 Å². The molecule has 0 unspecified atom stereocenters. The molecule has 0 aliphatic rings. The summed E-state index contributed by atoms with van der Waals surface area (Å²) in [4.78, 5) is 15.4. The lowest BCUT2D eigenvalue weighted by Crippen LogP contribution is -2.00. The fourth-order valence-corrected chi connectivity index (χ4v) is 8.04. The van der Waals surface area contributed by atoms with Crippen LogP contribution in [-0.2, 0) is 0 Å². The Morgan fingerprint density at radius 1 is 0.357 bits per heavy atom. The largest absolute Gasteiger partial charge is 0.455 e. The fourth-order valence-electron chi connectivity index (χ4n) is 8.04. The van der Waals surface area contributed by atoms with Gasteiger partial charge in [0.15, 0.2) is 17.5 Å². The number of hydrogen-bond donors (Lipinski definition) is 0. The Balaban J connectivity index is 1.15. The first kappa shape index (κ1) is 31.9. The van der Waals surface area contributed by atoms with Crippen LogP contribution in [0.3, 0.4) is 0 Å². The van der Waals surface area contributed by atoms with Crippen molar-refractivity contribution in [1.82, 2.24) is 19.5 Å². The van der Waals surface area contributed by atoms with Gasteiger partial charge in [-0.2, -0.15) is 0 Å². The van der Waals surface area contributed by atoms with Crippen LogP contribution in [0.25, 0.3) is 106 Å². The number of para-hydroxylation sites is 2. The standard InChI is InChI=1S/C51H32N4O/c1-4-15-33(16-5-1)34-27-29-37(30-28-34)50-52-49(36-19-8-3-9-20-36)53-51(54-50)41-23-14-25-45-47(41)40-22-10-12-24-44(40)55(45)38-31-42(35-17-6-2-7-18-35)48-43(32-38)39-21-11-13-26-46(39)56-48/h1-32H. The topological polar surface area (TPSA) is 56.7 Å². The van der Waals surface area contributed by atoms with Crippen molar-refractivity contribution in [2.75, 3.05) is 0 Å². The zero-order valence-electron chi connectivity index (χ0n) is 30.2. The maximum absolute atomic E-state index is 6.55. The van der Waals surface area contributed by atoms with Crippen LogP contribution in [0.4, 0.5) is 0 Å². The van der Waals surface area contributed by atoms with Gasteiger partial charge in [-0.15, -0.1) is 0 Å². The van der Waals surface area contributed by atoms with Crippen molar-refractivity contribution in [3.63, 3.8) is 0 Å². The Bertz CT molecular complexity index is 3220. The van der Waals surface area contributed by atoms with Crippen LogP contribution in [0.1, 0.15) is 0 Å². The Labute approximate surface area is 322 Å². The normalized spacial score (nSPS) is 11.6. The highest BCUT2D eigenvalue weighted by Gasteiger charge is 2.22. The van der Waals surface area contributed by atoms with Crippen LogP contribution < -0.4 is 0 Å². The predicted octanol–water partition coefficient (Wildman–Crippen LogP) is 13.2. The minimum absolute atomic E-state index is 0.621. The van der Waals surface area contributed by atoms with E-state index in [1.54, 1.807) is 0 Å². The van der Waals surface area contributed by atoms with Gasteiger partial charge < -0.3 is 8.98 Å². The van der Waals surface area contributed by atoms with E-state index in [4.69, 9.17) is 19.4 Å². The summed E-state index contributed by atoms with van der Waals surface area (Å²) in [6, 6.07) is 67.4. The third-order valence-corrected chi connectivity index (χ3v) is 10.7. The van der Waals surface area contributed by atoms with E-state index in [0.29, 0.717) is 17.5 Å². The second-order valence-corrected chi connectivity index (χ2v) is 14.0.